The normalized spacial score (nSPS) is 45.3. The highest BCUT2D eigenvalue weighted by Gasteiger charge is 2.69. The summed E-state index contributed by atoms with van der Waals surface area (Å²) in [5.41, 5.74) is -2.61. The molecule has 0 heterocycles. The Morgan fingerprint density at radius 3 is 2.41 bits per heavy atom. The van der Waals surface area contributed by atoms with Crippen molar-refractivity contribution in [3.8, 4) is 0 Å². The van der Waals surface area contributed by atoms with Crippen LogP contribution in [0.15, 0.2) is 0 Å². The molecule has 8 atom stereocenters. The number of hydrogen-bond donors (Lipinski definition) is 1. The molecule has 178 valence electrons. The number of rotatable bonds is 4. The summed E-state index contributed by atoms with van der Waals surface area (Å²) in [6.45, 7) is 6.34. The van der Waals surface area contributed by atoms with E-state index in [9.17, 15) is 24.3 Å². The molecule has 0 spiro atoms. The lowest BCUT2D eigenvalue weighted by Crippen LogP contribution is -2.62. The van der Waals surface area contributed by atoms with E-state index in [1.807, 2.05) is 6.92 Å². The molecule has 1 N–H and O–H groups in total. The van der Waals surface area contributed by atoms with Gasteiger partial charge in [0.15, 0.2) is 6.61 Å². The zero-order valence-electron chi connectivity index (χ0n) is 19.6. The van der Waals surface area contributed by atoms with Gasteiger partial charge in [-0.2, -0.15) is 0 Å². The lowest BCUT2D eigenvalue weighted by Gasteiger charge is -2.60. The van der Waals surface area contributed by atoms with Crippen LogP contribution in [0.4, 0.5) is 0 Å². The molecule has 0 aromatic heterocycles. The Morgan fingerprint density at radius 1 is 1.03 bits per heavy atom. The molecule has 0 bridgehead atoms. The third-order valence-corrected chi connectivity index (χ3v) is 9.66. The fraction of sp³-hybridized carbons (Fsp3) is 0.840. The minimum absolute atomic E-state index is 0.0680. The molecule has 0 aromatic rings. The quantitative estimate of drug-likeness (QED) is 0.659. The van der Waals surface area contributed by atoms with E-state index >= 15 is 0 Å². The standard InChI is InChI=1S/C25H36O7/c1-14(26)31-13-21(29)25(30)10-8-19-18-6-5-16-11-17(32-15(2)27)7-9-23(16,3)22(18)20(28)12-24(19,25)4/h16-19,22,30H,5-13H2,1-4H3/t16-,17-,18?,19?,22?,23+,24+,25+/m1/s1. The average Bonchev–Trinajstić information content (AvgIpc) is 2.97. The molecule has 4 rings (SSSR count). The number of ether oxygens (including phenoxy) is 2. The van der Waals surface area contributed by atoms with Gasteiger partial charge in [0.25, 0.3) is 0 Å². The number of Topliss-reactive ketones (excluding diaryl/α,β-unsaturated/α-hetero) is 2. The largest absolute Gasteiger partial charge is 0.463 e. The van der Waals surface area contributed by atoms with Gasteiger partial charge in [-0.05, 0) is 68.1 Å². The lowest BCUT2D eigenvalue weighted by atomic mass is 9.44. The fourth-order valence-corrected chi connectivity index (χ4v) is 8.12. The van der Waals surface area contributed by atoms with Crippen LogP contribution in [0.2, 0.25) is 0 Å². The molecule has 7 heteroatoms. The average molecular weight is 449 g/mol. The van der Waals surface area contributed by atoms with Crippen LogP contribution >= 0.6 is 0 Å². The van der Waals surface area contributed by atoms with Crippen LogP contribution in [0, 0.1) is 34.5 Å². The molecule has 4 saturated carbocycles. The van der Waals surface area contributed by atoms with E-state index in [4.69, 9.17) is 9.47 Å². The first-order valence-corrected chi connectivity index (χ1v) is 12.0. The summed E-state index contributed by atoms with van der Waals surface area (Å²) in [6.07, 6.45) is 5.39. The molecule has 32 heavy (non-hydrogen) atoms. The van der Waals surface area contributed by atoms with Gasteiger partial charge >= 0.3 is 11.9 Å². The maximum atomic E-state index is 13.7. The van der Waals surface area contributed by atoms with Crippen LogP contribution in [-0.2, 0) is 28.7 Å². The molecule has 3 unspecified atom stereocenters. The number of esters is 2. The minimum atomic E-state index is -1.64. The van der Waals surface area contributed by atoms with Crippen molar-refractivity contribution in [3.63, 3.8) is 0 Å². The molecule has 0 amide bonds. The predicted octanol–water partition coefficient (Wildman–Crippen LogP) is 3.00. The van der Waals surface area contributed by atoms with Gasteiger partial charge in [-0.3, -0.25) is 19.2 Å². The molecule has 4 aliphatic carbocycles. The van der Waals surface area contributed by atoms with Crippen LogP contribution in [0.5, 0.6) is 0 Å². The third-order valence-electron chi connectivity index (χ3n) is 9.66. The molecule has 7 nitrogen and oxygen atoms in total. The predicted molar refractivity (Wildman–Crippen MR) is 114 cm³/mol. The topological polar surface area (TPSA) is 107 Å². The Hall–Kier alpha value is -1.76. The monoisotopic (exact) mass is 448 g/mol. The second-order valence-electron chi connectivity index (χ2n) is 11.2. The number of fused-ring (bicyclic) bond motifs is 5. The van der Waals surface area contributed by atoms with Gasteiger partial charge in [0, 0.05) is 31.6 Å². The molecule has 0 aliphatic heterocycles. The van der Waals surface area contributed by atoms with Crippen molar-refractivity contribution >= 4 is 23.5 Å². The summed E-state index contributed by atoms with van der Waals surface area (Å²) in [7, 11) is 0. The minimum Gasteiger partial charge on any atom is -0.463 e. The Kier molecular flexibility index (Phi) is 5.80. The van der Waals surface area contributed by atoms with Gasteiger partial charge in [-0.15, -0.1) is 0 Å². The zero-order valence-corrected chi connectivity index (χ0v) is 19.6. The third kappa shape index (κ3) is 3.42. The Balaban J connectivity index is 1.57. The highest BCUT2D eigenvalue weighted by atomic mass is 16.5. The van der Waals surface area contributed by atoms with Crippen LogP contribution in [-0.4, -0.2) is 46.9 Å². The second-order valence-corrected chi connectivity index (χ2v) is 11.2. The van der Waals surface area contributed by atoms with Gasteiger partial charge in [0.2, 0.25) is 5.78 Å². The summed E-state index contributed by atoms with van der Waals surface area (Å²) in [5, 5.41) is 11.5. The summed E-state index contributed by atoms with van der Waals surface area (Å²) in [4.78, 5) is 49.2. The first-order valence-electron chi connectivity index (χ1n) is 12.0. The number of hydrogen-bond acceptors (Lipinski definition) is 7. The van der Waals surface area contributed by atoms with Crippen LogP contribution in [0.25, 0.3) is 0 Å². The van der Waals surface area contributed by atoms with Crippen LogP contribution in [0.3, 0.4) is 0 Å². The zero-order chi connectivity index (χ0) is 23.5. The molecule has 4 aliphatic rings. The maximum absolute atomic E-state index is 13.7. The highest BCUT2D eigenvalue weighted by Crippen LogP contribution is 2.67. The van der Waals surface area contributed by atoms with Crippen molar-refractivity contribution in [2.45, 2.75) is 90.8 Å². The molecular weight excluding hydrogens is 412 g/mol. The lowest BCUT2D eigenvalue weighted by molar-refractivity contribution is -0.183. The molecule has 0 aromatic carbocycles. The van der Waals surface area contributed by atoms with E-state index in [0.717, 1.165) is 32.1 Å². The van der Waals surface area contributed by atoms with Crippen LogP contribution in [0.1, 0.15) is 79.1 Å². The number of carbonyl (C=O) groups is 4. The summed E-state index contributed by atoms with van der Waals surface area (Å²) in [5.74, 6) is -0.677. The number of ketones is 2. The molecular formula is C25H36O7. The number of carbonyl (C=O) groups excluding carboxylic acids is 4. The fourth-order valence-electron chi connectivity index (χ4n) is 8.12. The Bertz CT molecular complexity index is 836. The smallest absolute Gasteiger partial charge is 0.303 e. The number of aliphatic hydroxyl groups is 1. The van der Waals surface area contributed by atoms with E-state index < -0.39 is 29.4 Å². The summed E-state index contributed by atoms with van der Waals surface area (Å²) >= 11 is 0. The van der Waals surface area contributed by atoms with Gasteiger partial charge < -0.3 is 14.6 Å². The van der Waals surface area contributed by atoms with Crippen molar-refractivity contribution in [3.05, 3.63) is 0 Å². The van der Waals surface area contributed by atoms with Gasteiger partial charge in [-0.1, -0.05) is 13.8 Å². The first kappa shape index (κ1) is 23.4. The maximum Gasteiger partial charge on any atom is 0.303 e. The highest BCUT2D eigenvalue weighted by molar-refractivity contribution is 5.93. The summed E-state index contributed by atoms with van der Waals surface area (Å²) < 4.78 is 10.4. The van der Waals surface area contributed by atoms with Gasteiger partial charge in [0.1, 0.15) is 17.5 Å². The van der Waals surface area contributed by atoms with E-state index in [0.29, 0.717) is 18.8 Å². The van der Waals surface area contributed by atoms with Crippen molar-refractivity contribution in [1.82, 2.24) is 0 Å². The van der Waals surface area contributed by atoms with E-state index in [-0.39, 0.29) is 47.4 Å². The summed E-state index contributed by atoms with van der Waals surface area (Å²) in [6, 6.07) is 0. The van der Waals surface area contributed by atoms with Crippen molar-refractivity contribution in [2.75, 3.05) is 6.61 Å². The van der Waals surface area contributed by atoms with E-state index in [2.05, 4.69) is 6.92 Å². The van der Waals surface area contributed by atoms with E-state index in [1.165, 1.54) is 13.8 Å². The second kappa shape index (κ2) is 7.93. The van der Waals surface area contributed by atoms with Gasteiger partial charge in [0.05, 0.1) is 0 Å². The first-order chi connectivity index (χ1) is 14.9. The Labute approximate surface area is 189 Å². The van der Waals surface area contributed by atoms with Crippen molar-refractivity contribution < 1.29 is 33.8 Å². The van der Waals surface area contributed by atoms with Crippen LogP contribution < -0.4 is 0 Å². The van der Waals surface area contributed by atoms with Crippen molar-refractivity contribution in [2.24, 2.45) is 34.5 Å². The van der Waals surface area contributed by atoms with E-state index in [1.54, 1.807) is 0 Å². The molecule has 0 saturated heterocycles. The SMILES string of the molecule is CC(=O)OCC(=O)[C@@]1(O)CCC2C3CC[C@@H]4C[C@H](OC(C)=O)CC[C@]4(C)C3C(=O)C[C@@]21C. The van der Waals surface area contributed by atoms with Crippen molar-refractivity contribution in [1.29, 1.82) is 0 Å². The molecule has 0 radical (unpaired) electrons. The molecule has 4 fully saturated rings. The van der Waals surface area contributed by atoms with Gasteiger partial charge in [-0.25, -0.2) is 0 Å². The Morgan fingerprint density at radius 2 is 1.75 bits per heavy atom.